The molecule has 1 amide bonds. The molecule has 0 spiro atoms. The maximum atomic E-state index is 11.8. The van der Waals surface area contributed by atoms with E-state index in [0.29, 0.717) is 12.1 Å². The summed E-state index contributed by atoms with van der Waals surface area (Å²) < 4.78 is 0. The van der Waals surface area contributed by atoms with Crippen molar-refractivity contribution in [3.63, 3.8) is 0 Å². The summed E-state index contributed by atoms with van der Waals surface area (Å²) in [6, 6.07) is 1.31. The number of carbonyl (C=O) groups is 1. The first-order valence-corrected chi connectivity index (χ1v) is 6.94. The Morgan fingerprint density at radius 1 is 1.58 bits per heavy atom. The van der Waals surface area contributed by atoms with Gasteiger partial charge in [0.2, 0.25) is 0 Å². The molecule has 0 aromatic carbocycles. The molecule has 2 rings (SSSR count). The van der Waals surface area contributed by atoms with Gasteiger partial charge in [-0.15, -0.1) is 0 Å². The molecule has 0 atom stereocenters. The molecule has 6 nitrogen and oxygen atoms in total. The van der Waals surface area contributed by atoms with E-state index in [1.165, 1.54) is 17.0 Å². The van der Waals surface area contributed by atoms with Gasteiger partial charge in [0, 0.05) is 24.5 Å². The van der Waals surface area contributed by atoms with E-state index in [9.17, 15) is 14.9 Å². The van der Waals surface area contributed by atoms with Crippen molar-refractivity contribution in [1.82, 2.24) is 10.6 Å². The molecule has 0 bridgehead atoms. The van der Waals surface area contributed by atoms with Crippen LogP contribution < -0.4 is 10.6 Å². The number of nitro groups is 1. The monoisotopic (exact) mass is 281 g/mol. The Morgan fingerprint density at radius 2 is 2.42 bits per heavy atom. The lowest BCUT2D eigenvalue weighted by Gasteiger charge is -2.13. The molecule has 0 unspecified atom stereocenters. The first kappa shape index (κ1) is 13.7. The molecule has 7 heteroatoms. The topological polar surface area (TPSA) is 84.3 Å². The van der Waals surface area contributed by atoms with Crippen molar-refractivity contribution in [2.24, 2.45) is 0 Å². The molecule has 0 aliphatic carbocycles. The number of rotatable bonds is 5. The summed E-state index contributed by atoms with van der Waals surface area (Å²) in [6.45, 7) is 2.44. The molecule has 1 aromatic heterocycles. The van der Waals surface area contributed by atoms with Crippen molar-refractivity contribution in [1.29, 1.82) is 0 Å². The summed E-state index contributed by atoms with van der Waals surface area (Å²) in [5, 5.41) is 18.0. The van der Waals surface area contributed by atoms with Crippen molar-refractivity contribution in [3.8, 4) is 0 Å². The number of thiophene rings is 1. The molecule has 1 aliphatic rings. The van der Waals surface area contributed by atoms with Gasteiger partial charge in [-0.3, -0.25) is 14.9 Å². The van der Waals surface area contributed by atoms with Crippen LogP contribution in [0.3, 0.4) is 0 Å². The third-order valence-corrected chi connectivity index (χ3v) is 3.80. The number of hydrogen-bond donors (Lipinski definition) is 2. The van der Waals surface area contributed by atoms with E-state index in [4.69, 9.17) is 0 Å². The maximum Gasteiger partial charge on any atom is 0.324 e. The first-order chi connectivity index (χ1) is 9.16. The van der Waals surface area contributed by atoms with Crippen LogP contribution in [0, 0.1) is 10.1 Å². The van der Waals surface area contributed by atoms with Gasteiger partial charge < -0.3 is 10.6 Å². The highest BCUT2D eigenvalue weighted by atomic mass is 32.1. The van der Waals surface area contributed by atoms with Crippen LogP contribution in [0.1, 0.15) is 23.2 Å². The van der Waals surface area contributed by atoms with Gasteiger partial charge in [-0.1, -0.05) is 23.0 Å². The van der Waals surface area contributed by atoms with Gasteiger partial charge in [-0.05, 0) is 19.4 Å². The van der Waals surface area contributed by atoms with E-state index in [0.717, 1.165) is 37.3 Å². The quantitative estimate of drug-likeness (QED) is 0.489. The summed E-state index contributed by atoms with van der Waals surface area (Å²) in [4.78, 5) is 21.8. The third-order valence-electron chi connectivity index (χ3n) is 2.92. The third kappa shape index (κ3) is 3.87. The fourth-order valence-electron chi connectivity index (χ4n) is 1.88. The van der Waals surface area contributed by atoms with Crippen molar-refractivity contribution < 1.29 is 9.72 Å². The highest BCUT2D eigenvalue weighted by molar-refractivity contribution is 7.13. The van der Waals surface area contributed by atoms with Crippen LogP contribution in [-0.2, 0) is 0 Å². The van der Waals surface area contributed by atoms with Crippen LogP contribution in [0.4, 0.5) is 5.00 Å². The Balaban J connectivity index is 1.80. The van der Waals surface area contributed by atoms with Crippen LogP contribution in [0.25, 0.3) is 0 Å². The highest BCUT2D eigenvalue weighted by Crippen LogP contribution is 2.22. The van der Waals surface area contributed by atoms with Crippen molar-refractivity contribution >= 4 is 22.2 Å². The van der Waals surface area contributed by atoms with E-state index in [1.54, 1.807) is 0 Å². The molecule has 2 N–H and O–H groups in total. The van der Waals surface area contributed by atoms with Crippen LogP contribution >= 0.6 is 11.3 Å². The number of hydrogen-bond acceptors (Lipinski definition) is 5. The zero-order valence-corrected chi connectivity index (χ0v) is 11.2. The van der Waals surface area contributed by atoms with Gasteiger partial charge in [-0.25, -0.2) is 0 Å². The van der Waals surface area contributed by atoms with Gasteiger partial charge in [0.15, 0.2) is 0 Å². The van der Waals surface area contributed by atoms with Gasteiger partial charge in [0.25, 0.3) is 5.91 Å². The molecular formula is C12H15N3O3S. The normalized spacial score (nSPS) is 14.8. The summed E-state index contributed by atoms with van der Waals surface area (Å²) in [5.74, 6) is -0.251. The standard InChI is InChI=1S/C12H15N3O3S/c16-12(10-7-11(15(17)18)19-8-10)14-6-3-9-1-4-13-5-2-9/h1,7-8,13H,2-6H2,(H,14,16). The van der Waals surface area contributed by atoms with Crippen LogP contribution in [-0.4, -0.2) is 30.5 Å². The second-order valence-electron chi connectivity index (χ2n) is 4.25. The van der Waals surface area contributed by atoms with E-state index >= 15 is 0 Å². The Hall–Kier alpha value is -1.73. The molecule has 0 radical (unpaired) electrons. The van der Waals surface area contributed by atoms with Crippen molar-refractivity contribution in [3.05, 3.63) is 38.8 Å². The Kier molecular flexibility index (Phi) is 4.64. The Labute approximate surface area is 114 Å². The van der Waals surface area contributed by atoms with Gasteiger partial charge in [0.1, 0.15) is 0 Å². The number of carbonyl (C=O) groups excluding carboxylic acids is 1. The van der Waals surface area contributed by atoms with Gasteiger partial charge in [-0.2, -0.15) is 0 Å². The van der Waals surface area contributed by atoms with Gasteiger partial charge in [0.05, 0.1) is 10.5 Å². The molecule has 19 heavy (non-hydrogen) atoms. The first-order valence-electron chi connectivity index (χ1n) is 6.06. The zero-order valence-electron chi connectivity index (χ0n) is 10.3. The summed E-state index contributed by atoms with van der Waals surface area (Å²) >= 11 is 0.968. The average Bonchev–Trinajstić information content (AvgIpc) is 2.89. The van der Waals surface area contributed by atoms with Crippen molar-refractivity contribution in [2.45, 2.75) is 12.8 Å². The maximum absolute atomic E-state index is 11.8. The minimum absolute atomic E-state index is 0.00814. The second kappa shape index (κ2) is 6.44. The summed E-state index contributed by atoms with van der Waals surface area (Å²) in [7, 11) is 0. The summed E-state index contributed by atoms with van der Waals surface area (Å²) in [5.41, 5.74) is 1.70. The van der Waals surface area contributed by atoms with Gasteiger partial charge >= 0.3 is 5.00 Å². The minimum Gasteiger partial charge on any atom is -0.352 e. The fourth-order valence-corrected chi connectivity index (χ4v) is 2.58. The smallest absolute Gasteiger partial charge is 0.324 e. The highest BCUT2D eigenvalue weighted by Gasteiger charge is 2.14. The van der Waals surface area contributed by atoms with Crippen LogP contribution in [0.2, 0.25) is 0 Å². The second-order valence-corrected chi connectivity index (χ2v) is 5.14. The lowest BCUT2D eigenvalue weighted by molar-refractivity contribution is -0.380. The summed E-state index contributed by atoms with van der Waals surface area (Å²) in [6.07, 6.45) is 3.99. The SMILES string of the molecule is O=C(NCCC1=CCNCC1)c1csc([N+](=O)[O-])c1. The van der Waals surface area contributed by atoms with E-state index in [-0.39, 0.29) is 10.9 Å². The lowest BCUT2D eigenvalue weighted by atomic mass is 10.1. The minimum atomic E-state index is -0.485. The molecule has 0 saturated carbocycles. The average molecular weight is 281 g/mol. The van der Waals surface area contributed by atoms with E-state index < -0.39 is 4.92 Å². The fraction of sp³-hybridized carbons (Fsp3) is 0.417. The molecule has 2 heterocycles. The molecule has 0 fully saturated rings. The van der Waals surface area contributed by atoms with E-state index in [2.05, 4.69) is 16.7 Å². The molecule has 1 aliphatic heterocycles. The van der Waals surface area contributed by atoms with Crippen molar-refractivity contribution in [2.75, 3.05) is 19.6 Å². The molecular weight excluding hydrogens is 266 g/mol. The van der Waals surface area contributed by atoms with E-state index in [1.807, 2.05) is 0 Å². The lowest BCUT2D eigenvalue weighted by Crippen LogP contribution is -2.26. The zero-order chi connectivity index (χ0) is 13.7. The number of amides is 1. The molecule has 1 aromatic rings. The Bertz CT molecular complexity index is 510. The molecule has 0 saturated heterocycles. The Morgan fingerprint density at radius 3 is 3.05 bits per heavy atom. The van der Waals surface area contributed by atoms with Crippen LogP contribution in [0.5, 0.6) is 0 Å². The predicted octanol–water partition coefficient (Wildman–Crippen LogP) is 1.70. The largest absolute Gasteiger partial charge is 0.352 e. The number of nitrogens with one attached hydrogen (secondary N) is 2. The predicted molar refractivity (Wildman–Crippen MR) is 73.5 cm³/mol. The van der Waals surface area contributed by atoms with Crippen LogP contribution in [0.15, 0.2) is 23.1 Å². The molecule has 102 valence electrons. The number of nitrogens with zero attached hydrogens (tertiary/aromatic N) is 1.